The zero-order valence-electron chi connectivity index (χ0n) is 23.1. The van der Waals surface area contributed by atoms with Crippen molar-refractivity contribution in [2.75, 3.05) is 10.8 Å². The Morgan fingerprint density at radius 2 is 1.52 bits per heavy atom. The van der Waals surface area contributed by atoms with Gasteiger partial charge in [-0.2, -0.15) is 0 Å². The first-order valence-corrected chi connectivity index (χ1v) is 15.4. The van der Waals surface area contributed by atoms with Crippen molar-refractivity contribution >= 4 is 50.7 Å². The van der Waals surface area contributed by atoms with Crippen LogP contribution in [0.4, 0.5) is 5.69 Å². The number of hydrogen-bond acceptors (Lipinski definition) is 4. The molecule has 0 bridgehead atoms. The Morgan fingerprint density at radius 1 is 0.900 bits per heavy atom. The van der Waals surface area contributed by atoms with Crippen molar-refractivity contribution in [2.24, 2.45) is 0 Å². The topological polar surface area (TPSA) is 86.8 Å². The second-order valence-electron chi connectivity index (χ2n) is 9.63. The molecule has 214 valence electrons. The Bertz CT molecular complexity index is 1410. The van der Waals surface area contributed by atoms with Crippen molar-refractivity contribution < 1.29 is 18.0 Å². The van der Waals surface area contributed by atoms with Gasteiger partial charge < -0.3 is 10.2 Å². The number of rotatable bonds is 12. The second-order valence-corrected chi connectivity index (χ2v) is 12.3. The van der Waals surface area contributed by atoms with Crippen LogP contribution in [0.3, 0.4) is 0 Å². The summed E-state index contributed by atoms with van der Waals surface area (Å²) in [6, 6.07) is 18.9. The monoisotopic (exact) mass is 603 g/mol. The molecule has 1 N–H and O–H groups in total. The van der Waals surface area contributed by atoms with Gasteiger partial charge in [0.15, 0.2) is 0 Å². The number of sulfonamides is 1. The maximum absolute atomic E-state index is 14.1. The van der Waals surface area contributed by atoms with Gasteiger partial charge in [-0.25, -0.2) is 8.42 Å². The minimum atomic E-state index is -4.13. The molecule has 3 aromatic rings. The first-order chi connectivity index (χ1) is 19.0. The van der Waals surface area contributed by atoms with Crippen molar-refractivity contribution in [1.82, 2.24) is 10.2 Å². The molecule has 0 saturated carbocycles. The molecule has 3 aromatic carbocycles. The molecule has 0 radical (unpaired) electrons. The molecule has 0 spiro atoms. The Hall–Kier alpha value is -3.07. The van der Waals surface area contributed by atoms with Crippen molar-refractivity contribution in [3.63, 3.8) is 0 Å². The summed E-state index contributed by atoms with van der Waals surface area (Å²) in [5.41, 5.74) is 1.64. The molecule has 0 aliphatic heterocycles. The molecular formula is C30H35Cl2N3O4S. The molecule has 7 nitrogen and oxygen atoms in total. The summed E-state index contributed by atoms with van der Waals surface area (Å²) in [5.74, 6) is -0.899. The minimum Gasteiger partial charge on any atom is -0.352 e. The van der Waals surface area contributed by atoms with Crippen LogP contribution in [0, 0.1) is 6.92 Å². The van der Waals surface area contributed by atoms with Crippen LogP contribution in [-0.4, -0.2) is 43.8 Å². The van der Waals surface area contributed by atoms with Crippen LogP contribution in [0.15, 0.2) is 77.7 Å². The van der Waals surface area contributed by atoms with Gasteiger partial charge in [-0.3, -0.25) is 13.9 Å². The van der Waals surface area contributed by atoms with Gasteiger partial charge in [-0.15, -0.1) is 0 Å². The summed E-state index contributed by atoms with van der Waals surface area (Å²) in [5, 5.41) is 3.63. The van der Waals surface area contributed by atoms with Crippen LogP contribution >= 0.6 is 23.2 Å². The van der Waals surface area contributed by atoms with Crippen LogP contribution in [-0.2, 0) is 26.2 Å². The van der Waals surface area contributed by atoms with E-state index in [1.54, 1.807) is 61.5 Å². The molecule has 3 rings (SSSR count). The van der Waals surface area contributed by atoms with E-state index in [0.29, 0.717) is 34.1 Å². The fourth-order valence-electron chi connectivity index (χ4n) is 4.25. The number of nitrogens with one attached hydrogen (secondary N) is 1. The fraction of sp³-hybridized carbons (Fsp3) is 0.333. The Labute approximate surface area is 247 Å². The highest BCUT2D eigenvalue weighted by atomic mass is 35.5. The number of carbonyl (C=O) groups is 2. The van der Waals surface area contributed by atoms with Crippen molar-refractivity contribution in [2.45, 2.75) is 64.1 Å². The number of anilines is 1. The quantitative estimate of drug-likeness (QED) is 0.266. The molecule has 0 aromatic heterocycles. The van der Waals surface area contributed by atoms with E-state index >= 15 is 0 Å². The first kappa shape index (κ1) is 31.5. The first-order valence-electron chi connectivity index (χ1n) is 13.2. The van der Waals surface area contributed by atoms with Crippen LogP contribution < -0.4 is 9.62 Å². The third-order valence-electron chi connectivity index (χ3n) is 6.68. The van der Waals surface area contributed by atoms with Gasteiger partial charge in [0.05, 0.1) is 10.6 Å². The summed E-state index contributed by atoms with van der Waals surface area (Å²) in [7, 11) is -4.13. The Kier molecular flexibility index (Phi) is 11.0. The Morgan fingerprint density at radius 3 is 2.10 bits per heavy atom. The van der Waals surface area contributed by atoms with Crippen LogP contribution in [0.1, 0.15) is 44.7 Å². The lowest BCUT2D eigenvalue weighted by atomic mass is 10.1. The fourth-order valence-corrected chi connectivity index (χ4v) is 6.19. The van der Waals surface area contributed by atoms with E-state index < -0.39 is 28.5 Å². The number of nitrogens with zero attached hydrogens (tertiary/aromatic N) is 2. The third kappa shape index (κ3) is 7.56. The maximum atomic E-state index is 14.1. The number of carbonyl (C=O) groups excluding carboxylic acids is 2. The standard InChI is InChI=1S/C30H35Cl2N3O4S/c1-5-22(4)33-30(37)28(6-2)34(19-25-26(31)16-11-17-27(25)32)29(36)20-35(23-13-10-12-21(3)18-23)40(38,39)24-14-8-7-9-15-24/h7-18,22,28H,5-6,19-20H2,1-4H3,(H,33,37)/t22-,28-/m1/s1. The summed E-state index contributed by atoms with van der Waals surface area (Å²) in [6.45, 7) is 6.87. The van der Waals surface area contributed by atoms with Crippen LogP contribution in [0.2, 0.25) is 10.0 Å². The van der Waals surface area contributed by atoms with E-state index in [1.807, 2.05) is 26.8 Å². The van der Waals surface area contributed by atoms with Crippen LogP contribution in [0.25, 0.3) is 0 Å². The van der Waals surface area contributed by atoms with E-state index in [-0.39, 0.29) is 23.4 Å². The SMILES string of the molecule is CC[C@@H](C)NC(=O)[C@@H](CC)N(Cc1c(Cl)cccc1Cl)C(=O)CN(c1cccc(C)c1)S(=O)(=O)c1ccccc1. The molecule has 0 unspecified atom stereocenters. The second kappa shape index (κ2) is 14.0. The van der Waals surface area contributed by atoms with E-state index in [0.717, 1.165) is 9.87 Å². The predicted molar refractivity (Wildman–Crippen MR) is 161 cm³/mol. The normalized spacial score (nSPS) is 12.8. The van der Waals surface area contributed by atoms with Gasteiger partial charge >= 0.3 is 0 Å². The van der Waals surface area contributed by atoms with Gasteiger partial charge in [0.1, 0.15) is 12.6 Å². The number of benzene rings is 3. The predicted octanol–water partition coefficient (Wildman–Crippen LogP) is 6.22. The highest BCUT2D eigenvalue weighted by Crippen LogP contribution is 2.29. The van der Waals surface area contributed by atoms with E-state index in [2.05, 4.69) is 5.32 Å². The third-order valence-corrected chi connectivity index (χ3v) is 9.17. The highest BCUT2D eigenvalue weighted by molar-refractivity contribution is 7.92. The van der Waals surface area contributed by atoms with Crippen molar-refractivity contribution in [3.8, 4) is 0 Å². The van der Waals surface area contributed by atoms with Crippen molar-refractivity contribution in [1.29, 1.82) is 0 Å². The molecule has 0 aliphatic rings. The average Bonchev–Trinajstić information content (AvgIpc) is 2.93. The maximum Gasteiger partial charge on any atom is 0.264 e. The molecule has 0 aliphatic carbocycles. The zero-order chi connectivity index (χ0) is 29.4. The van der Waals surface area contributed by atoms with Crippen LogP contribution in [0.5, 0.6) is 0 Å². The lowest BCUT2D eigenvalue weighted by Gasteiger charge is -2.34. The zero-order valence-corrected chi connectivity index (χ0v) is 25.4. The van der Waals surface area contributed by atoms with Gasteiger partial charge in [0, 0.05) is 28.2 Å². The molecule has 40 heavy (non-hydrogen) atoms. The number of halogens is 2. The summed E-state index contributed by atoms with van der Waals surface area (Å²) in [6.07, 6.45) is 1.01. The lowest BCUT2D eigenvalue weighted by molar-refractivity contribution is -0.140. The van der Waals surface area contributed by atoms with Gasteiger partial charge in [0.2, 0.25) is 11.8 Å². The largest absolute Gasteiger partial charge is 0.352 e. The minimum absolute atomic E-state index is 0.0477. The number of aryl methyl sites for hydroxylation is 1. The highest BCUT2D eigenvalue weighted by Gasteiger charge is 2.34. The summed E-state index contributed by atoms with van der Waals surface area (Å²) < 4.78 is 28.8. The lowest BCUT2D eigenvalue weighted by Crippen LogP contribution is -2.53. The molecule has 0 fully saturated rings. The molecule has 2 amide bonds. The number of amides is 2. The van der Waals surface area contributed by atoms with E-state index in [9.17, 15) is 18.0 Å². The smallest absolute Gasteiger partial charge is 0.264 e. The Balaban J connectivity index is 2.09. The van der Waals surface area contributed by atoms with E-state index in [4.69, 9.17) is 23.2 Å². The van der Waals surface area contributed by atoms with E-state index in [1.165, 1.54) is 17.0 Å². The molecular weight excluding hydrogens is 569 g/mol. The molecule has 2 atom stereocenters. The molecule has 0 saturated heterocycles. The van der Waals surface area contributed by atoms with Gasteiger partial charge in [0.25, 0.3) is 10.0 Å². The average molecular weight is 605 g/mol. The van der Waals surface area contributed by atoms with Gasteiger partial charge in [-0.1, -0.05) is 73.4 Å². The number of hydrogen-bond donors (Lipinski definition) is 1. The molecule has 10 heteroatoms. The van der Waals surface area contributed by atoms with Gasteiger partial charge in [-0.05, 0) is 68.7 Å². The van der Waals surface area contributed by atoms with Crippen molar-refractivity contribution in [3.05, 3.63) is 94.0 Å². The summed E-state index contributed by atoms with van der Waals surface area (Å²) in [4.78, 5) is 28.9. The summed E-state index contributed by atoms with van der Waals surface area (Å²) >= 11 is 12.9. The molecule has 0 heterocycles.